The second kappa shape index (κ2) is 9.08. The van der Waals surface area contributed by atoms with Crippen molar-refractivity contribution in [3.8, 4) is 0 Å². The first-order valence-electron chi connectivity index (χ1n) is 9.74. The molecule has 0 amide bonds. The molecule has 0 aliphatic rings. The standard InChI is InChI=1S/C21H17ClN6O5S/c1-12-11-18(26-33-12)27-34(31,32)17-9-7-16(8-10-17)23-24-19-13(2)25-28(21(19)30)20(29)14-3-5-15(22)6-4-14/h3-11,25H,1-2H3,(H,26,27). The molecule has 0 saturated carbocycles. The molecule has 0 atom stereocenters. The van der Waals surface area contributed by atoms with Crippen LogP contribution < -0.4 is 10.3 Å². The number of aromatic nitrogens is 3. The number of hydrogen-bond donors (Lipinski definition) is 2. The van der Waals surface area contributed by atoms with Gasteiger partial charge in [-0.1, -0.05) is 16.8 Å². The van der Waals surface area contributed by atoms with Crippen LogP contribution in [-0.4, -0.2) is 29.3 Å². The zero-order valence-corrected chi connectivity index (χ0v) is 19.4. The van der Waals surface area contributed by atoms with Crippen LogP contribution in [0.2, 0.25) is 5.02 Å². The molecule has 13 heteroatoms. The maximum atomic E-state index is 12.7. The molecule has 11 nitrogen and oxygen atoms in total. The summed E-state index contributed by atoms with van der Waals surface area (Å²) in [6.45, 7) is 3.22. The quantitative estimate of drug-likeness (QED) is 0.375. The summed E-state index contributed by atoms with van der Waals surface area (Å²) in [5.74, 6) is -0.0494. The fraction of sp³-hybridized carbons (Fsp3) is 0.0952. The van der Waals surface area contributed by atoms with Gasteiger partial charge in [-0.05, 0) is 62.4 Å². The highest BCUT2D eigenvalue weighted by Crippen LogP contribution is 2.22. The molecule has 34 heavy (non-hydrogen) atoms. The lowest BCUT2D eigenvalue weighted by molar-refractivity contribution is 0.0941. The van der Waals surface area contributed by atoms with E-state index in [2.05, 4.69) is 25.2 Å². The van der Waals surface area contributed by atoms with E-state index in [-0.39, 0.29) is 22.0 Å². The van der Waals surface area contributed by atoms with Crippen molar-refractivity contribution in [1.82, 2.24) is 14.9 Å². The van der Waals surface area contributed by atoms with E-state index in [9.17, 15) is 18.0 Å². The summed E-state index contributed by atoms with van der Waals surface area (Å²) in [4.78, 5) is 25.3. The number of aryl methyl sites for hydroxylation is 2. The lowest BCUT2D eigenvalue weighted by Crippen LogP contribution is -2.25. The predicted octanol–water partition coefficient (Wildman–Crippen LogP) is 4.34. The van der Waals surface area contributed by atoms with Crippen LogP contribution in [0.5, 0.6) is 0 Å². The van der Waals surface area contributed by atoms with E-state index in [0.29, 0.717) is 22.2 Å². The topological polar surface area (TPSA) is 152 Å². The molecule has 0 radical (unpaired) electrons. The molecule has 0 fully saturated rings. The molecule has 0 bridgehead atoms. The zero-order chi connectivity index (χ0) is 24.5. The van der Waals surface area contributed by atoms with Crippen LogP contribution in [0.4, 0.5) is 17.2 Å². The normalized spacial score (nSPS) is 11.7. The van der Waals surface area contributed by atoms with Crippen molar-refractivity contribution in [1.29, 1.82) is 0 Å². The van der Waals surface area contributed by atoms with E-state index < -0.39 is 21.5 Å². The number of nitrogens with one attached hydrogen (secondary N) is 2. The van der Waals surface area contributed by atoms with Crippen LogP contribution in [0.15, 0.2) is 79.0 Å². The number of anilines is 1. The van der Waals surface area contributed by atoms with E-state index in [1.54, 1.807) is 26.0 Å². The van der Waals surface area contributed by atoms with Gasteiger partial charge >= 0.3 is 5.56 Å². The molecule has 2 aromatic carbocycles. The average molecular weight is 501 g/mol. The number of carbonyl (C=O) groups is 1. The van der Waals surface area contributed by atoms with Crippen molar-refractivity contribution in [3.63, 3.8) is 0 Å². The van der Waals surface area contributed by atoms with E-state index in [1.165, 1.54) is 42.5 Å². The largest absolute Gasteiger partial charge is 0.360 e. The van der Waals surface area contributed by atoms with Gasteiger partial charge in [0.15, 0.2) is 11.5 Å². The lowest BCUT2D eigenvalue weighted by Gasteiger charge is -2.04. The first-order chi connectivity index (χ1) is 16.1. The molecule has 0 saturated heterocycles. The van der Waals surface area contributed by atoms with Crippen LogP contribution in [0.25, 0.3) is 0 Å². The number of hydrogen-bond acceptors (Lipinski definition) is 8. The fourth-order valence-corrected chi connectivity index (χ4v) is 4.04. The van der Waals surface area contributed by atoms with Gasteiger partial charge in [-0.2, -0.15) is 9.80 Å². The van der Waals surface area contributed by atoms with Gasteiger partial charge in [0.2, 0.25) is 0 Å². The fourth-order valence-electron chi connectivity index (χ4n) is 2.93. The van der Waals surface area contributed by atoms with Gasteiger partial charge < -0.3 is 4.52 Å². The Morgan fingerprint density at radius 1 is 1.09 bits per heavy atom. The molecule has 4 aromatic rings. The summed E-state index contributed by atoms with van der Waals surface area (Å²) < 4.78 is 32.9. The molecule has 2 N–H and O–H groups in total. The molecule has 0 spiro atoms. The van der Waals surface area contributed by atoms with Crippen molar-refractivity contribution < 1.29 is 17.7 Å². The van der Waals surface area contributed by atoms with Gasteiger partial charge in [-0.15, -0.1) is 5.11 Å². The SMILES string of the molecule is Cc1cc(NS(=O)(=O)c2ccc(N=Nc3c(C)[nH]n(C(=O)c4ccc(Cl)cc4)c3=O)cc2)no1. The van der Waals surface area contributed by atoms with Gasteiger partial charge in [-0.25, -0.2) is 8.42 Å². The Balaban J connectivity index is 1.53. The Morgan fingerprint density at radius 3 is 2.38 bits per heavy atom. The zero-order valence-electron chi connectivity index (χ0n) is 17.8. The maximum Gasteiger partial charge on any atom is 0.302 e. The van der Waals surface area contributed by atoms with E-state index in [0.717, 1.165) is 4.68 Å². The van der Waals surface area contributed by atoms with Gasteiger partial charge in [0.05, 0.1) is 16.3 Å². The van der Waals surface area contributed by atoms with Crippen molar-refractivity contribution in [3.05, 3.63) is 87.0 Å². The first-order valence-corrected chi connectivity index (χ1v) is 11.6. The van der Waals surface area contributed by atoms with Gasteiger partial charge in [0, 0.05) is 16.7 Å². The number of azo groups is 1. The second-order valence-corrected chi connectivity index (χ2v) is 9.28. The number of halogens is 1. The lowest BCUT2D eigenvalue weighted by atomic mass is 10.2. The van der Waals surface area contributed by atoms with Crippen molar-refractivity contribution in [2.45, 2.75) is 18.7 Å². The number of benzene rings is 2. The van der Waals surface area contributed by atoms with E-state index in [1.807, 2.05) is 0 Å². The highest BCUT2D eigenvalue weighted by atomic mass is 35.5. The Kier molecular flexibility index (Phi) is 6.18. The molecule has 2 heterocycles. The smallest absolute Gasteiger partial charge is 0.302 e. The van der Waals surface area contributed by atoms with Crippen LogP contribution in [-0.2, 0) is 10.0 Å². The summed E-state index contributed by atoms with van der Waals surface area (Å²) in [6, 6.07) is 13.0. The van der Waals surface area contributed by atoms with Crippen LogP contribution in [0, 0.1) is 13.8 Å². The number of sulfonamides is 1. The van der Waals surface area contributed by atoms with Crippen molar-refractivity contribution in [2.24, 2.45) is 10.2 Å². The van der Waals surface area contributed by atoms with Gasteiger partial charge in [0.1, 0.15) is 5.76 Å². The molecular formula is C21H17ClN6O5S. The van der Waals surface area contributed by atoms with E-state index >= 15 is 0 Å². The monoisotopic (exact) mass is 500 g/mol. The van der Waals surface area contributed by atoms with Crippen LogP contribution in [0.1, 0.15) is 21.8 Å². The van der Waals surface area contributed by atoms with Crippen LogP contribution >= 0.6 is 11.6 Å². The van der Waals surface area contributed by atoms with Crippen LogP contribution in [0.3, 0.4) is 0 Å². The maximum absolute atomic E-state index is 12.7. The average Bonchev–Trinajstić information content (AvgIpc) is 3.33. The first kappa shape index (κ1) is 23.1. The Hall–Kier alpha value is -4.03. The Bertz CT molecular complexity index is 1550. The highest BCUT2D eigenvalue weighted by Gasteiger charge is 2.18. The van der Waals surface area contributed by atoms with Gasteiger partial charge in [-0.3, -0.25) is 19.4 Å². The number of rotatable bonds is 6. The summed E-state index contributed by atoms with van der Waals surface area (Å²) in [5.41, 5.74) is 0.172. The number of nitrogens with zero attached hydrogens (tertiary/aromatic N) is 4. The molecular weight excluding hydrogens is 484 g/mol. The number of carbonyl (C=O) groups excluding carboxylic acids is 1. The van der Waals surface area contributed by atoms with Crippen molar-refractivity contribution >= 4 is 44.7 Å². The highest BCUT2D eigenvalue weighted by molar-refractivity contribution is 7.92. The minimum atomic E-state index is -3.88. The predicted molar refractivity (Wildman–Crippen MR) is 124 cm³/mol. The summed E-state index contributed by atoms with van der Waals surface area (Å²) >= 11 is 5.84. The molecule has 2 aromatic heterocycles. The molecule has 0 aliphatic heterocycles. The van der Waals surface area contributed by atoms with Crippen molar-refractivity contribution in [2.75, 3.05) is 4.72 Å². The molecule has 0 aliphatic carbocycles. The minimum absolute atomic E-state index is 0.0270. The minimum Gasteiger partial charge on any atom is -0.360 e. The van der Waals surface area contributed by atoms with Gasteiger partial charge in [0.25, 0.3) is 15.9 Å². The number of aromatic amines is 1. The molecule has 174 valence electrons. The van der Waals surface area contributed by atoms with E-state index in [4.69, 9.17) is 16.1 Å². The third-order valence-corrected chi connectivity index (χ3v) is 6.24. The summed E-state index contributed by atoms with van der Waals surface area (Å²) in [7, 11) is -3.88. The summed E-state index contributed by atoms with van der Waals surface area (Å²) in [5, 5.41) is 14.7. The number of H-pyrrole nitrogens is 1. The molecule has 0 unspecified atom stereocenters. The summed E-state index contributed by atoms with van der Waals surface area (Å²) in [6.07, 6.45) is 0. The third kappa shape index (κ3) is 4.82. The third-order valence-electron chi connectivity index (χ3n) is 4.61. The molecule has 4 rings (SSSR count). The second-order valence-electron chi connectivity index (χ2n) is 7.16. The Morgan fingerprint density at radius 2 is 1.76 bits per heavy atom. The Labute approximate surface area is 198 Å².